The molecule has 36 heavy (non-hydrogen) atoms. The van der Waals surface area contributed by atoms with Crippen LogP contribution in [0.5, 0.6) is 17.2 Å². The maximum atomic E-state index is 12.4. The molecule has 0 unspecified atom stereocenters. The average Bonchev–Trinajstić information content (AvgIpc) is 2.93. The zero-order chi connectivity index (χ0) is 25.3. The number of carbonyl (C=O) groups is 1. The molecule has 8 nitrogen and oxygen atoms in total. The van der Waals surface area contributed by atoms with Crippen LogP contribution < -0.4 is 19.5 Å². The van der Waals surface area contributed by atoms with E-state index in [-0.39, 0.29) is 5.91 Å². The number of nitrogens with one attached hydrogen (secondary N) is 1. The van der Waals surface area contributed by atoms with Crippen molar-refractivity contribution in [3.05, 3.63) is 72.8 Å². The summed E-state index contributed by atoms with van der Waals surface area (Å²) in [5.41, 5.74) is 3.83. The molecule has 0 bridgehead atoms. The zero-order valence-electron chi connectivity index (χ0n) is 20.2. The molecule has 1 amide bonds. The SMILES string of the molecule is COc1ccc(NC(=O)CCSc2nnc(-c3ccc(OC)cc3)c(-c3ccc(OC)cc3)n2)cc1. The van der Waals surface area contributed by atoms with Gasteiger partial charge in [0, 0.05) is 29.0 Å². The van der Waals surface area contributed by atoms with E-state index in [4.69, 9.17) is 19.2 Å². The Morgan fingerprint density at radius 2 is 1.22 bits per heavy atom. The molecule has 1 N–H and O–H groups in total. The molecule has 0 atom stereocenters. The number of aromatic nitrogens is 3. The molecule has 1 aromatic heterocycles. The lowest BCUT2D eigenvalue weighted by Gasteiger charge is -2.11. The molecule has 0 saturated heterocycles. The highest BCUT2D eigenvalue weighted by Crippen LogP contribution is 2.32. The number of ether oxygens (including phenoxy) is 3. The van der Waals surface area contributed by atoms with E-state index in [1.807, 2.05) is 48.5 Å². The molecule has 0 aliphatic rings. The number of anilines is 1. The van der Waals surface area contributed by atoms with Crippen molar-refractivity contribution in [3.8, 4) is 39.8 Å². The van der Waals surface area contributed by atoms with E-state index in [1.165, 1.54) is 11.8 Å². The van der Waals surface area contributed by atoms with E-state index in [0.29, 0.717) is 34.4 Å². The molecule has 3 aromatic carbocycles. The summed E-state index contributed by atoms with van der Waals surface area (Å²) in [7, 11) is 4.86. The summed E-state index contributed by atoms with van der Waals surface area (Å²) in [5, 5.41) is 12.2. The monoisotopic (exact) mass is 502 g/mol. The summed E-state index contributed by atoms with van der Waals surface area (Å²) >= 11 is 1.38. The summed E-state index contributed by atoms with van der Waals surface area (Å²) in [5.74, 6) is 2.66. The fourth-order valence-electron chi connectivity index (χ4n) is 3.40. The summed E-state index contributed by atoms with van der Waals surface area (Å²) in [6.07, 6.45) is 0.304. The fourth-order valence-corrected chi connectivity index (χ4v) is 4.12. The van der Waals surface area contributed by atoms with Crippen LogP contribution in [0.4, 0.5) is 5.69 Å². The van der Waals surface area contributed by atoms with Crippen molar-refractivity contribution >= 4 is 23.4 Å². The Labute approximate surface area is 214 Å². The molecule has 0 aliphatic carbocycles. The summed E-state index contributed by atoms with van der Waals surface area (Å²) in [6.45, 7) is 0. The first-order chi connectivity index (χ1) is 17.6. The molecular formula is C27H26N4O4S. The number of benzene rings is 3. The standard InChI is InChI=1S/C27H26N4O4S/c1-33-21-10-4-18(5-11-21)25-26(19-6-12-22(34-2)13-7-19)30-31-27(29-25)36-17-16-24(32)28-20-8-14-23(35-3)15-9-20/h4-15H,16-17H2,1-3H3,(H,28,32). The third kappa shape index (κ3) is 6.31. The molecule has 0 spiro atoms. The van der Waals surface area contributed by atoms with Gasteiger partial charge in [-0.05, 0) is 72.8 Å². The predicted octanol–water partition coefficient (Wildman–Crippen LogP) is 5.35. The second-order valence-corrected chi connectivity index (χ2v) is 8.69. The molecule has 9 heteroatoms. The third-order valence-corrected chi connectivity index (χ3v) is 6.17. The largest absolute Gasteiger partial charge is 0.497 e. The molecule has 0 saturated carbocycles. The third-order valence-electron chi connectivity index (χ3n) is 5.33. The van der Waals surface area contributed by atoms with Crippen LogP contribution in [0, 0.1) is 0 Å². The van der Waals surface area contributed by atoms with E-state index in [2.05, 4.69) is 15.5 Å². The van der Waals surface area contributed by atoms with E-state index < -0.39 is 0 Å². The van der Waals surface area contributed by atoms with E-state index >= 15 is 0 Å². The molecule has 4 rings (SSSR count). The van der Waals surface area contributed by atoms with Gasteiger partial charge in [-0.2, -0.15) is 0 Å². The quantitative estimate of drug-likeness (QED) is 0.290. The van der Waals surface area contributed by atoms with Gasteiger partial charge >= 0.3 is 0 Å². The van der Waals surface area contributed by atoms with E-state index in [1.54, 1.807) is 45.6 Å². The number of rotatable bonds is 10. The van der Waals surface area contributed by atoms with Crippen molar-refractivity contribution in [2.75, 3.05) is 32.4 Å². The van der Waals surface area contributed by atoms with Crippen molar-refractivity contribution in [2.24, 2.45) is 0 Å². The Kier molecular flexibility index (Phi) is 8.36. The maximum absolute atomic E-state index is 12.4. The van der Waals surface area contributed by atoms with E-state index in [0.717, 1.165) is 28.4 Å². The summed E-state index contributed by atoms with van der Waals surface area (Å²) in [6, 6.07) is 22.4. The van der Waals surface area contributed by atoms with Crippen molar-refractivity contribution in [3.63, 3.8) is 0 Å². The normalized spacial score (nSPS) is 10.5. The Morgan fingerprint density at radius 3 is 1.75 bits per heavy atom. The van der Waals surface area contributed by atoms with Crippen LogP contribution in [0.1, 0.15) is 6.42 Å². The molecule has 1 heterocycles. The number of hydrogen-bond donors (Lipinski definition) is 1. The smallest absolute Gasteiger partial charge is 0.225 e. The molecule has 184 valence electrons. The Morgan fingerprint density at radius 1 is 0.722 bits per heavy atom. The predicted molar refractivity (Wildman–Crippen MR) is 141 cm³/mol. The lowest BCUT2D eigenvalue weighted by Crippen LogP contribution is -2.12. The molecular weight excluding hydrogens is 476 g/mol. The summed E-state index contributed by atoms with van der Waals surface area (Å²) in [4.78, 5) is 17.2. The average molecular weight is 503 g/mol. The van der Waals surface area contributed by atoms with Crippen LogP contribution in [0.3, 0.4) is 0 Å². The fraction of sp³-hybridized carbons (Fsp3) is 0.185. The number of thioether (sulfide) groups is 1. The zero-order valence-corrected chi connectivity index (χ0v) is 21.0. The minimum atomic E-state index is -0.0918. The molecule has 0 aliphatic heterocycles. The number of amides is 1. The first-order valence-corrected chi connectivity index (χ1v) is 12.2. The van der Waals surface area contributed by atoms with Gasteiger partial charge < -0.3 is 19.5 Å². The lowest BCUT2D eigenvalue weighted by molar-refractivity contribution is -0.115. The van der Waals surface area contributed by atoms with Crippen LogP contribution in [0.15, 0.2) is 78.0 Å². The Balaban J connectivity index is 1.49. The van der Waals surface area contributed by atoms with Crippen LogP contribution in [0.25, 0.3) is 22.5 Å². The highest BCUT2D eigenvalue weighted by Gasteiger charge is 2.15. The Bertz CT molecular complexity index is 1300. The second-order valence-electron chi connectivity index (χ2n) is 7.62. The number of carbonyl (C=O) groups excluding carboxylic acids is 1. The van der Waals surface area contributed by atoms with Gasteiger partial charge in [0.05, 0.1) is 21.3 Å². The number of hydrogen-bond acceptors (Lipinski definition) is 8. The highest BCUT2D eigenvalue weighted by molar-refractivity contribution is 7.99. The Hall–Kier alpha value is -4.11. The van der Waals surface area contributed by atoms with Crippen molar-refractivity contribution in [2.45, 2.75) is 11.6 Å². The van der Waals surface area contributed by atoms with Crippen LogP contribution in [-0.4, -0.2) is 48.2 Å². The minimum absolute atomic E-state index is 0.0918. The number of methoxy groups -OCH3 is 3. The van der Waals surface area contributed by atoms with Gasteiger partial charge in [0.1, 0.15) is 28.6 Å². The maximum Gasteiger partial charge on any atom is 0.225 e. The lowest BCUT2D eigenvalue weighted by atomic mass is 10.0. The minimum Gasteiger partial charge on any atom is -0.497 e. The van der Waals surface area contributed by atoms with Gasteiger partial charge in [-0.1, -0.05) is 11.8 Å². The molecule has 0 fully saturated rings. The second kappa shape index (κ2) is 12.0. The van der Waals surface area contributed by atoms with Gasteiger partial charge in [-0.25, -0.2) is 4.98 Å². The van der Waals surface area contributed by atoms with Gasteiger partial charge in [0.15, 0.2) is 0 Å². The number of nitrogens with zero attached hydrogens (tertiary/aromatic N) is 3. The van der Waals surface area contributed by atoms with Crippen molar-refractivity contribution < 1.29 is 19.0 Å². The van der Waals surface area contributed by atoms with Crippen LogP contribution >= 0.6 is 11.8 Å². The topological polar surface area (TPSA) is 95.5 Å². The first kappa shape index (κ1) is 25.0. The molecule has 4 aromatic rings. The van der Waals surface area contributed by atoms with Crippen molar-refractivity contribution in [1.82, 2.24) is 15.2 Å². The molecule has 0 radical (unpaired) electrons. The van der Waals surface area contributed by atoms with Crippen LogP contribution in [0.2, 0.25) is 0 Å². The summed E-state index contributed by atoms with van der Waals surface area (Å²) < 4.78 is 15.7. The highest BCUT2D eigenvalue weighted by atomic mass is 32.2. The van der Waals surface area contributed by atoms with Crippen LogP contribution in [-0.2, 0) is 4.79 Å². The van der Waals surface area contributed by atoms with Gasteiger partial charge in [0.2, 0.25) is 11.1 Å². The van der Waals surface area contributed by atoms with Gasteiger partial charge in [0.25, 0.3) is 0 Å². The first-order valence-electron chi connectivity index (χ1n) is 11.2. The van der Waals surface area contributed by atoms with Gasteiger partial charge in [-0.3, -0.25) is 4.79 Å². The van der Waals surface area contributed by atoms with E-state index in [9.17, 15) is 4.79 Å². The van der Waals surface area contributed by atoms with Crippen molar-refractivity contribution in [1.29, 1.82) is 0 Å². The van der Waals surface area contributed by atoms with Gasteiger partial charge in [-0.15, -0.1) is 10.2 Å².